The van der Waals surface area contributed by atoms with Crippen molar-refractivity contribution >= 4 is 23.2 Å². The largest absolute Gasteiger partial charge is 0.395 e. The maximum absolute atomic E-state index is 13.1. The van der Waals surface area contributed by atoms with Gasteiger partial charge in [0.15, 0.2) is 0 Å². The zero-order chi connectivity index (χ0) is 15.9. The summed E-state index contributed by atoms with van der Waals surface area (Å²) in [6.07, 6.45) is 3.27. The molecular weight excluding hydrogens is 311 g/mol. The Morgan fingerprint density at radius 1 is 1.45 bits per heavy atom. The van der Waals surface area contributed by atoms with Gasteiger partial charge in [0.25, 0.3) is 0 Å². The molecule has 0 aliphatic rings. The van der Waals surface area contributed by atoms with Crippen molar-refractivity contribution in [3.8, 4) is 0 Å². The second kappa shape index (κ2) is 7.77. The Morgan fingerprint density at radius 3 is 3.00 bits per heavy atom. The highest BCUT2D eigenvalue weighted by molar-refractivity contribution is 6.30. The summed E-state index contributed by atoms with van der Waals surface area (Å²) >= 11 is 5.72. The summed E-state index contributed by atoms with van der Waals surface area (Å²) in [7, 11) is 0. The minimum absolute atomic E-state index is 0.0735. The number of aromatic nitrogens is 2. The lowest BCUT2D eigenvalue weighted by Gasteiger charge is -2.05. The van der Waals surface area contributed by atoms with Gasteiger partial charge in [-0.05, 0) is 17.7 Å². The van der Waals surface area contributed by atoms with Gasteiger partial charge in [-0.1, -0.05) is 17.7 Å². The molecule has 0 aliphatic heterocycles. The van der Waals surface area contributed by atoms with Crippen molar-refractivity contribution in [2.75, 3.05) is 18.5 Å². The van der Waals surface area contributed by atoms with Crippen LogP contribution in [0.3, 0.4) is 0 Å². The van der Waals surface area contributed by atoms with E-state index in [1.807, 2.05) is 0 Å². The van der Waals surface area contributed by atoms with Crippen molar-refractivity contribution < 1.29 is 14.3 Å². The van der Waals surface area contributed by atoms with Crippen molar-refractivity contribution in [1.82, 2.24) is 15.1 Å². The number of halogens is 2. The lowest BCUT2D eigenvalue weighted by Crippen LogP contribution is -2.30. The van der Waals surface area contributed by atoms with Crippen molar-refractivity contribution in [3.05, 3.63) is 47.0 Å². The van der Waals surface area contributed by atoms with Crippen LogP contribution in [0.4, 0.5) is 10.1 Å². The second-order valence-electron chi connectivity index (χ2n) is 4.60. The predicted molar refractivity (Wildman–Crippen MR) is 81.1 cm³/mol. The molecule has 2 aromatic rings. The summed E-state index contributed by atoms with van der Waals surface area (Å²) in [5.74, 6) is -0.679. The number of carbonyl (C=O) groups is 1. The van der Waals surface area contributed by atoms with Crippen LogP contribution in [-0.4, -0.2) is 33.9 Å². The molecular formula is C14H16ClFN4O2. The Morgan fingerprint density at radius 2 is 2.27 bits per heavy atom. The summed E-state index contributed by atoms with van der Waals surface area (Å²) < 4.78 is 14.5. The molecule has 0 saturated carbocycles. The third-order valence-electron chi connectivity index (χ3n) is 2.85. The molecule has 8 heteroatoms. The molecule has 0 bridgehead atoms. The lowest BCUT2D eigenvalue weighted by molar-refractivity contribution is -0.122. The fourth-order valence-electron chi connectivity index (χ4n) is 1.79. The van der Waals surface area contributed by atoms with Crippen molar-refractivity contribution in [2.45, 2.75) is 13.1 Å². The minimum Gasteiger partial charge on any atom is -0.395 e. The molecule has 6 nitrogen and oxygen atoms in total. The maximum atomic E-state index is 13.1. The lowest BCUT2D eigenvalue weighted by atomic mass is 10.2. The van der Waals surface area contributed by atoms with E-state index in [0.717, 1.165) is 11.3 Å². The van der Waals surface area contributed by atoms with Crippen LogP contribution in [-0.2, 0) is 17.9 Å². The standard InChI is InChI=1S/C14H16ClFN4O2/c15-12-5-10(1-2-13(12)16)6-18-11-7-19-20(8-11)9-14(22)17-3-4-21/h1-2,5,7-8,18,21H,3-4,6,9H2,(H,17,22). The van der Waals surface area contributed by atoms with E-state index in [1.54, 1.807) is 24.5 Å². The van der Waals surface area contributed by atoms with Gasteiger partial charge in [-0.2, -0.15) is 5.10 Å². The van der Waals surface area contributed by atoms with Gasteiger partial charge < -0.3 is 15.7 Å². The topological polar surface area (TPSA) is 79.2 Å². The van der Waals surface area contributed by atoms with Crippen LogP contribution in [0, 0.1) is 5.82 Å². The molecule has 22 heavy (non-hydrogen) atoms. The number of anilines is 1. The number of aliphatic hydroxyl groups excluding tert-OH is 1. The minimum atomic E-state index is -0.452. The average molecular weight is 327 g/mol. The van der Waals surface area contributed by atoms with Gasteiger partial charge >= 0.3 is 0 Å². The Hall–Kier alpha value is -2.12. The molecule has 1 amide bonds. The normalized spacial score (nSPS) is 10.5. The molecule has 0 radical (unpaired) electrons. The molecule has 2 rings (SSSR count). The molecule has 1 heterocycles. The number of hydrogen-bond donors (Lipinski definition) is 3. The summed E-state index contributed by atoms with van der Waals surface area (Å²) in [5.41, 5.74) is 1.57. The van der Waals surface area contributed by atoms with Gasteiger partial charge in [0, 0.05) is 19.3 Å². The van der Waals surface area contributed by atoms with Gasteiger partial charge in [-0.3, -0.25) is 9.48 Å². The zero-order valence-electron chi connectivity index (χ0n) is 11.7. The molecule has 1 aromatic carbocycles. The molecule has 0 atom stereocenters. The highest BCUT2D eigenvalue weighted by atomic mass is 35.5. The fourth-order valence-corrected chi connectivity index (χ4v) is 2.00. The summed E-state index contributed by atoms with van der Waals surface area (Å²) in [4.78, 5) is 11.5. The second-order valence-corrected chi connectivity index (χ2v) is 5.01. The van der Waals surface area contributed by atoms with Crippen molar-refractivity contribution in [3.63, 3.8) is 0 Å². The third kappa shape index (κ3) is 4.71. The Balaban J connectivity index is 1.86. The van der Waals surface area contributed by atoms with E-state index >= 15 is 0 Å². The molecule has 0 saturated heterocycles. The van der Waals surface area contributed by atoms with Crippen LogP contribution >= 0.6 is 11.6 Å². The van der Waals surface area contributed by atoms with Gasteiger partial charge in [-0.25, -0.2) is 4.39 Å². The van der Waals surface area contributed by atoms with E-state index in [1.165, 1.54) is 10.7 Å². The van der Waals surface area contributed by atoms with E-state index in [9.17, 15) is 9.18 Å². The number of amides is 1. The van der Waals surface area contributed by atoms with Gasteiger partial charge in [0.05, 0.1) is 23.5 Å². The summed E-state index contributed by atoms with van der Waals surface area (Å²) in [5, 5.41) is 18.4. The van der Waals surface area contributed by atoms with E-state index in [-0.39, 0.29) is 30.6 Å². The summed E-state index contributed by atoms with van der Waals surface area (Å²) in [6.45, 7) is 0.654. The molecule has 1 aromatic heterocycles. The molecule has 0 aliphatic carbocycles. The Labute approximate surface area is 131 Å². The molecule has 3 N–H and O–H groups in total. The number of aliphatic hydroxyl groups is 1. The Bertz CT molecular complexity index is 648. The van der Waals surface area contributed by atoms with Crippen LogP contribution in [0.2, 0.25) is 5.02 Å². The van der Waals surface area contributed by atoms with Crippen LogP contribution < -0.4 is 10.6 Å². The maximum Gasteiger partial charge on any atom is 0.241 e. The van der Waals surface area contributed by atoms with Gasteiger partial charge in [-0.15, -0.1) is 0 Å². The average Bonchev–Trinajstić information content (AvgIpc) is 2.94. The van der Waals surface area contributed by atoms with Crippen molar-refractivity contribution in [2.24, 2.45) is 0 Å². The molecule has 118 valence electrons. The SMILES string of the molecule is O=C(Cn1cc(NCc2ccc(F)c(Cl)c2)cn1)NCCO. The van der Waals surface area contributed by atoms with Gasteiger partial charge in [0.1, 0.15) is 12.4 Å². The van der Waals surface area contributed by atoms with Crippen molar-refractivity contribution in [1.29, 1.82) is 0 Å². The fraction of sp³-hybridized carbons (Fsp3) is 0.286. The first-order chi connectivity index (χ1) is 10.6. The van der Waals surface area contributed by atoms with Crippen LogP contribution in [0.1, 0.15) is 5.56 Å². The number of nitrogens with one attached hydrogen (secondary N) is 2. The summed E-state index contributed by atoms with van der Waals surface area (Å²) in [6, 6.07) is 4.51. The number of rotatable bonds is 7. The van der Waals surface area contributed by atoms with E-state index in [4.69, 9.17) is 16.7 Å². The highest BCUT2D eigenvalue weighted by Crippen LogP contribution is 2.17. The first kappa shape index (κ1) is 16.3. The van der Waals surface area contributed by atoms with E-state index in [0.29, 0.717) is 6.54 Å². The number of nitrogens with zero attached hydrogens (tertiary/aromatic N) is 2. The number of hydrogen-bond acceptors (Lipinski definition) is 4. The molecule has 0 spiro atoms. The quantitative estimate of drug-likeness (QED) is 0.718. The van der Waals surface area contributed by atoms with E-state index in [2.05, 4.69) is 15.7 Å². The van der Waals surface area contributed by atoms with E-state index < -0.39 is 5.82 Å². The monoisotopic (exact) mass is 326 g/mol. The van der Waals surface area contributed by atoms with Crippen LogP contribution in [0.25, 0.3) is 0 Å². The first-order valence-corrected chi connectivity index (χ1v) is 7.04. The molecule has 0 unspecified atom stereocenters. The number of benzene rings is 1. The Kier molecular flexibility index (Phi) is 5.74. The first-order valence-electron chi connectivity index (χ1n) is 6.66. The van der Waals surface area contributed by atoms with Gasteiger partial charge in [0.2, 0.25) is 5.91 Å². The van der Waals surface area contributed by atoms with Crippen LogP contribution in [0.5, 0.6) is 0 Å². The van der Waals surface area contributed by atoms with Crippen LogP contribution in [0.15, 0.2) is 30.6 Å². The number of carbonyl (C=O) groups excluding carboxylic acids is 1. The predicted octanol–water partition coefficient (Wildman–Crippen LogP) is 1.40. The third-order valence-corrected chi connectivity index (χ3v) is 3.14. The smallest absolute Gasteiger partial charge is 0.241 e. The molecule has 0 fully saturated rings. The highest BCUT2D eigenvalue weighted by Gasteiger charge is 2.05. The zero-order valence-corrected chi connectivity index (χ0v) is 12.5.